The van der Waals surface area contributed by atoms with Crippen LogP contribution in [0.4, 0.5) is 4.79 Å². The molecular formula is C24H21N3O6. The zero-order chi connectivity index (χ0) is 23.7. The summed E-state index contributed by atoms with van der Waals surface area (Å²) in [6.45, 7) is 3.61. The fourth-order valence-electron chi connectivity index (χ4n) is 3.77. The maximum atomic E-state index is 13.0. The number of hydrogen-bond donors (Lipinski definition) is 1. The molecule has 1 aromatic carbocycles. The number of carbonyl (C=O) groups is 4. The SMILES string of the molecule is COC(=O)c1cccc(-n2c(C)cc(C=C3C(=O)NC(=O)N(Cc4ccco4)C3=O)c2C)c1. The molecule has 0 atom stereocenters. The quantitative estimate of drug-likeness (QED) is 0.365. The number of nitrogens with zero attached hydrogens (tertiary/aromatic N) is 2. The number of imide groups is 2. The molecule has 33 heavy (non-hydrogen) atoms. The van der Waals surface area contributed by atoms with Crippen LogP contribution in [0.15, 0.2) is 58.7 Å². The monoisotopic (exact) mass is 447 g/mol. The molecule has 1 saturated heterocycles. The first kappa shape index (κ1) is 21.8. The normalized spacial score (nSPS) is 15.2. The van der Waals surface area contributed by atoms with Crippen molar-refractivity contribution < 1.29 is 28.3 Å². The van der Waals surface area contributed by atoms with Crippen LogP contribution >= 0.6 is 0 Å². The number of barbiturate groups is 1. The van der Waals surface area contributed by atoms with Gasteiger partial charge in [-0.1, -0.05) is 6.07 Å². The summed E-state index contributed by atoms with van der Waals surface area (Å²) >= 11 is 0. The summed E-state index contributed by atoms with van der Waals surface area (Å²) in [4.78, 5) is 50.5. The van der Waals surface area contributed by atoms with E-state index in [2.05, 4.69) is 5.32 Å². The zero-order valence-corrected chi connectivity index (χ0v) is 18.2. The number of esters is 1. The van der Waals surface area contributed by atoms with Crippen LogP contribution in [0, 0.1) is 13.8 Å². The summed E-state index contributed by atoms with van der Waals surface area (Å²) in [5.41, 5.74) is 3.17. The largest absolute Gasteiger partial charge is 0.467 e. The number of nitrogens with one attached hydrogen (secondary N) is 1. The topological polar surface area (TPSA) is 111 Å². The van der Waals surface area contributed by atoms with Crippen molar-refractivity contribution in [2.45, 2.75) is 20.4 Å². The Morgan fingerprint density at radius 3 is 2.61 bits per heavy atom. The fourth-order valence-corrected chi connectivity index (χ4v) is 3.77. The number of aryl methyl sites for hydroxylation is 1. The van der Waals surface area contributed by atoms with Crippen LogP contribution in [-0.2, 0) is 20.9 Å². The summed E-state index contributed by atoms with van der Waals surface area (Å²) in [6, 6.07) is 11.2. The van der Waals surface area contributed by atoms with Gasteiger partial charge in [-0.3, -0.25) is 19.8 Å². The van der Waals surface area contributed by atoms with Gasteiger partial charge >= 0.3 is 12.0 Å². The maximum absolute atomic E-state index is 13.0. The molecule has 0 bridgehead atoms. The third-order valence-electron chi connectivity index (χ3n) is 5.38. The number of carbonyl (C=O) groups excluding carboxylic acids is 4. The molecule has 3 heterocycles. The number of hydrogen-bond acceptors (Lipinski definition) is 6. The predicted octanol–water partition coefficient (Wildman–Crippen LogP) is 3.14. The van der Waals surface area contributed by atoms with Crippen molar-refractivity contribution in [2.75, 3.05) is 7.11 Å². The van der Waals surface area contributed by atoms with Gasteiger partial charge in [0.1, 0.15) is 11.3 Å². The maximum Gasteiger partial charge on any atom is 0.337 e. The molecule has 0 aliphatic carbocycles. The lowest BCUT2D eigenvalue weighted by Gasteiger charge is -2.25. The van der Waals surface area contributed by atoms with Crippen molar-refractivity contribution >= 4 is 29.9 Å². The second-order valence-electron chi connectivity index (χ2n) is 7.49. The summed E-state index contributed by atoms with van der Waals surface area (Å²) < 4.78 is 11.9. The van der Waals surface area contributed by atoms with E-state index in [1.54, 1.807) is 30.3 Å². The van der Waals surface area contributed by atoms with E-state index < -0.39 is 23.8 Å². The molecule has 168 valence electrons. The number of rotatable bonds is 5. The number of ether oxygens (including phenoxy) is 1. The summed E-state index contributed by atoms with van der Waals surface area (Å²) in [7, 11) is 1.32. The summed E-state index contributed by atoms with van der Waals surface area (Å²) in [5, 5.41) is 2.20. The Labute approximate surface area is 189 Å². The minimum absolute atomic E-state index is 0.0956. The van der Waals surface area contributed by atoms with Crippen LogP contribution in [0.3, 0.4) is 0 Å². The van der Waals surface area contributed by atoms with E-state index in [0.717, 1.165) is 22.0 Å². The van der Waals surface area contributed by atoms with Crippen LogP contribution in [0.25, 0.3) is 11.8 Å². The molecule has 2 aromatic heterocycles. The van der Waals surface area contributed by atoms with Gasteiger partial charge in [0.2, 0.25) is 0 Å². The molecule has 0 saturated carbocycles. The predicted molar refractivity (Wildman–Crippen MR) is 117 cm³/mol. The smallest absolute Gasteiger partial charge is 0.337 e. The Balaban J connectivity index is 1.70. The van der Waals surface area contributed by atoms with Crippen molar-refractivity contribution in [3.8, 4) is 5.69 Å². The van der Waals surface area contributed by atoms with Gasteiger partial charge in [-0.05, 0) is 61.9 Å². The highest BCUT2D eigenvalue weighted by Crippen LogP contribution is 2.25. The first-order valence-electron chi connectivity index (χ1n) is 10.1. The highest BCUT2D eigenvalue weighted by atomic mass is 16.5. The zero-order valence-electron chi connectivity index (χ0n) is 18.2. The number of furan rings is 1. The molecule has 1 aliphatic rings. The number of aromatic nitrogens is 1. The van der Waals surface area contributed by atoms with Gasteiger partial charge in [-0.15, -0.1) is 0 Å². The molecule has 0 unspecified atom stereocenters. The first-order chi connectivity index (χ1) is 15.8. The third-order valence-corrected chi connectivity index (χ3v) is 5.38. The number of urea groups is 1. The van der Waals surface area contributed by atoms with E-state index in [0.29, 0.717) is 16.9 Å². The van der Waals surface area contributed by atoms with Gasteiger partial charge in [0, 0.05) is 17.1 Å². The molecule has 1 fully saturated rings. The Hall–Kier alpha value is -4.40. The van der Waals surface area contributed by atoms with Gasteiger partial charge < -0.3 is 13.7 Å². The van der Waals surface area contributed by atoms with E-state index in [1.165, 1.54) is 19.4 Å². The van der Waals surface area contributed by atoms with Crippen molar-refractivity contribution in [1.82, 2.24) is 14.8 Å². The van der Waals surface area contributed by atoms with E-state index in [9.17, 15) is 19.2 Å². The molecule has 3 aromatic rings. The molecular weight excluding hydrogens is 426 g/mol. The second kappa shape index (κ2) is 8.62. The van der Waals surface area contributed by atoms with E-state index in [4.69, 9.17) is 9.15 Å². The highest BCUT2D eigenvalue weighted by molar-refractivity contribution is 6.31. The average Bonchev–Trinajstić information content (AvgIpc) is 3.41. The van der Waals surface area contributed by atoms with Crippen molar-refractivity contribution in [1.29, 1.82) is 0 Å². The van der Waals surface area contributed by atoms with Crippen LogP contribution in [0.1, 0.15) is 33.1 Å². The molecule has 1 N–H and O–H groups in total. The highest BCUT2D eigenvalue weighted by Gasteiger charge is 2.36. The second-order valence-corrected chi connectivity index (χ2v) is 7.49. The minimum Gasteiger partial charge on any atom is -0.467 e. The van der Waals surface area contributed by atoms with E-state index in [-0.39, 0.29) is 12.1 Å². The lowest BCUT2D eigenvalue weighted by Crippen LogP contribution is -2.53. The van der Waals surface area contributed by atoms with E-state index in [1.807, 2.05) is 30.5 Å². The van der Waals surface area contributed by atoms with Crippen LogP contribution in [0.5, 0.6) is 0 Å². The van der Waals surface area contributed by atoms with Crippen LogP contribution in [0.2, 0.25) is 0 Å². The summed E-state index contributed by atoms with van der Waals surface area (Å²) in [6.07, 6.45) is 2.90. The molecule has 4 rings (SSSR count). The molecule has 0 radical (unpaired) electrons. The lowest BCUT2D eigenvalue weighted by atomic mass is 10.1. The third kappa shape index (κ3) is 4.08. The minimum atomic E-state index is -0.802. The molecule has 1 aliphatic heterocycles. The Morgan fingerprint density at radius 1 is 1.12 bits per heavy atom. The standard InChI is InChI=1S/C24H21N3O6/c1-14-10-17(15(2)27(14)18-7-4-6-16(11-18)23(30)32-3)12-20-21(28)25-24(31)26(22(20)29)13-19-8-5-9-33-19/h4-12H,13H2,1-3H3,(H,25,28,31). The molecule has 4 amide bonds. The van der Waals surface area contributed by atoms with Gasteiger partial charge in [0.05, 0.1) is 25.5 Å². The number of benzene rings is 1. The molecule has 0 spiro atoms. The van der Waals surface area contributed by atoms with Gasteiger partial charge in [0.15, 0.2) is 0 Å². The van der Waals surface area contributed by atoms with Crippen molar-refractivity contribution in [3.63, 3.8) is 0 Å². The fraction of sp³-hybridized carbons (Fsp3) is 0.167. The Kier molecular flexibility index (Phi) is 5.70. The van der Waals surface area contributed by atoms with Crippen molar-refractivity contribution in [2.24, 2.45) is 0 Å². The molecule has 9 nitrogen and oxygen atoms in total. The van der Waals surface area contributed by atoms with Crippen LogP contribution in [-0.4, -0.2) is 40.4 Å². The van der Waals surface area contributed by atoms with Gasteiger partial charge in [-0.2, -0.15) is 0 Å². The van der Waals surface area contributed by atoms with E-state index >= 15 is 0 Å². The van der Waals surface area contributed by atoms with Crippen molar-refractivity contribution in [3.05, 3.63) is 82.6 Å². The van der Waals surface area contributed by atoms with Gasteiger partial charge in [-0.25, -0.2) is 9.59 Å². The molecule has 9 heteroatoms. The first-order valence-corrected chi connectivity index (χ1v) is 10.1. The number of amides is 4. The van der Waals surface area contributed by atoms with Crippen LogP contribution < -0.4 is 5.32 Å². The Morgan fingerprint density at radius 2 is 1.91 bits per heavy atom. The lowest BCUT2D eigenvalue weighted by molar-refractivity contribution is -0.130. The Bertz CT molecular complexity index is 1300. The summed E-state index contributed by atoms with van der Waals surface area (Å²) in [5.74, 6) is -1.51. The van der Waals surface area contributed by atoms with Gasteiger partial charge in [0.25, 0.3) is 11.8 Å². The average molecular weight is 447 g/mol. The number of methoxy groups -OCH3 is 1.